The molecule has 0 radical (unpaired) electrons. The Morgan fingerprint density at radius 3 is 2.59 bits per heavy atom. The molecule has 5 nitrogen and oxygen atoms in total. The number of hydrogen-bond donors (Lipinski definition) is 1. The fourth-order valence-corrected chi connectivity index (χ4v) is 4.11. The highest BCUT2D eigenvalue weighted by Crippen LogP contribution is 2.27. The van der Waals surface area contributed by atoms with Crippen molar-refractivity contribution >= 4 is 28.9 Å². The van der Waals surface area contributed by atoms with E-state index in [1.54, 1.807) is 23.9 Å². The number of carboxylic acids is 1. The van der Waals surface area contributed by atoms with Crippen molar-refractivity contribution in [2.24, 2.45) is 0 Å². The van der Waals surface area contributed by atoms with Gasteiger partial charge < -0.3 is 5.11 Å². The van der Waals surface area contributed by atoms with E-state index in [-0.39, 0.29) is 0 Å². The number of rotatable bonds is 6. The van der Waals surface area contributed by atoms with Crippen molar-refractivity contribution in [3.05, 3.63) is 77.5 Å². The number of imidazole rings is 1. The Bertz CT molecular complexity index is 1180. The maximum absolute atomic E-state index is 11.5. The molecule has 0 aliphatic carbocycles. The number of carbonyl (C=O) groups is 1. The molecular weight excluding hydrogens is 382 g/mol. The molecule has 146 valence electrons. The second-order valence-corrected chi connectivity index (χ2v) is 7.99. The van der Waals surface area contributed by atoms with E-state index in [9.17, 15) is 9.90 Å². The summed E-state index contributed by atoms with van der Waals surface area (Å²) in [5.41, 5.74) is 5.98. The standard InChI is InChI=1S/C23H21N3O2S/c1-3-29-23-25-20-15(2)12-13-24-21(20)26(23)14-16-8-10-17(11-9-16)18-6-4-5-7-19(18)22(27)28/h4-13H,3,14H2,1-2H3,(H,27,28). The van der Waals surface area contributed by atoms with Crippen LogP contribution in [0.3, 0.4) is 0 Å². The van der Waals surface area contributed by atoms with Gasteiger partial charge in [0.2, 0.25) is 0 Å². The second kappa shape index (κ2) is 8.09. The summed E-state index contributed by atoms with van der Waals surface area (Å²) in [4.78, 5) is 20.9. The molecule has 0 unspecified atom stereocenters. The largest absolute Gasteiger partial charge is 0.478 e. The maximum Gasteiger partial charge on any atom is 0.336 e. The zero-order valence-corrected chi connectivity index (χ0v) is 17.1. The van der Waals surface area contributed by atoms with Crippen molar-refractivity contribution in [2.75, 3.05) is 5.75 Å². The Kier molecular flexibility index (Phi) is 5.36. The number of aromatic nitrogens is 3. The van der Waals surface area contributed by atoms with Crippen molar-refractivity contribution in [1.29, 1.82) is 0 Å². The van der Waals surface area contributed by atoms with Crippen molar-refractivity contribution in [3.63, 3.8) is 0 Å². The average Bonchev–Trinajstić information content (AvgIpc) is 3.07. The summed E-state index contributed by atoms with van der Waals surface area (Å²) in [6.07, 6.45) is 1.82. The molecule has 0 spiro atoms. The smallest absolute Gasteiger partial charge is 0.336 e. The lowest BCUT2D eigenvalue weighted by molar-refractivity contribution is 0.0697. The van der Waals surface area contributed by atoms with Crippen LogP contribution in [-0.4, -0.2) is 31.4 Å². The third-order valence-corrected chi connectivity index (χ3v) is 5.70. The summed E-state index contributed by atoms with van der Waals surface area (Å²) < 4.78 is 2.15. The number of carboxylic acid groups (broad SMARTS) is 1. The molecule has 1 N–H and O–H groups in total. The third kappa shape index (κ3) is 3.76. The summed E-state index contributed by atoms with van der Waals surface area (Å²) in [6, 6.07) is 17.1. The van der Waals surface area contributed by atoms with Crippen LogP contribution < -0.4 is 0 Å². The topological polar surface area (TPSA) is 68.0 Å². The predicted octanol–water partition coefficient (Wildman–Crippen LogP) is 5.27. The van der Waals surface area contributed by atoms with E-state index in [1.807, 2.05) is 48.7 Å². The van der Waals surface area contributed by atoms with E-state index in [0.29, 0.717) is 12.1 Å². The van der Waals surface area contributed by atoms with Crippen LogP contribution in [0.5, 0.6) is 0 Å². The van der Waals surface area contributed by atoms with Crippen LogP contribution >= 0.6 is 11.8 Å². The van der Waals surface area contributed by atoms with Crippen LogP contribution in [0.1, 0.15) is 28.4 Å². The number of nitrogens with zero attached hydrogens (tertiary/aromatic N) is 3. The fraction of sp³-hybridized carbons (Fsp3) is 0.174. The minimum atomic E-state index is -0.919. The number of aryl methyl sites for hydroxylation is 1. The number of hydrogen-bond acceptors (Lipinski definition) is 4. The first-order valence-electron chi connectivity index (χ1n) is 9.44. The predicted molar refractivity (Wildman–Crippen MR) is 117 cm³/mol. The molecule has 2 aromatic carbocycles. The van der Waals surface area contributed by atoms with Crippen molar-refractivity contribution in [3.8, 4) is 11.1 Å². The maximum atomic E-state index is 11.5. The summed E-state index contributed by atoms with van der Waals surface area (Å²) in [6.45, 7) is 4.83. The molecule has 6 heteroatoms. The highest BCUT2D eigenvalue weighted by molar-refractivity contribution is 7.99. The molecule has 0 amide bonds. The minimum Gasteiger partial charge on any atom is -0.478 e. The number of fused-ring (bicyclic) bond motifs is 1. The van der Waals surface area contributed by atoms with E-state index in [4.69, 9.17) is 4.98 Å². The molecule has 0 bridgehead atoms. The van der Waals surface area contributed by atoms with Gasteiger partial charge in [-0.25, -0.2) is 14.8 Å². The Morgan fingerprint density at radius 1 is 1.10 bits per heavy atom. The average molecular weight is 404 g/mol. The highest BCUT2D eigenvalue weighted by atomic mass is 32.2. The first-order valence-corrected chi connectivity index (χ1v) is 10.4. The van der Waals surface area contributed by atoms with E-state index in [1.165, 1.54) is 0 Å². The fourth-order valence-electron chi connectivity index (χ4n) is 3.39. The number of benzene rings is 2. The lowest BCUT2D eigenvalue weighted by Gasteiger charge is -2.10. The van der Waals surface area contributed by atoms with Crippen molar-refractivity contribution in [1.82, 2.24) is 14.5 Å². The highest BCUT2D eigenvalue weighted by Gasteiger charge is 2.15. The molecule has 0 saturated carbocycles. The van der Waals surface area contributed by atoms with Gasteiger partial charge in [0.25, 0.3) is 0 Å². The van der Waals surface area contributed by atoms with E-state index >= 15 is 0 Å². The zero-order chi connectivity index (χ0) is 20.4. The normalized spacial score (nSPS) is 11.1. The van der Waals surface area contributed by atoms with Gasteiger partial charge in [0.05, 0.1) is 12.1 Å². The van der Waals surface area contributed by atoms with Gasteiger partial charge in [-0.2, -0.15) is 0 Å². The Hall–Kier alpha value is -3.12. The molecule has 0 atom stereocenters. The molecule has 2 aromatic heterocycles. The Balaban J connectivity index is 1.69. The van der Waals surface area contributed by atoms with Gasteiger partial charge >= 0.3 is 5.97 Å². The van der Waals surface area contributed by atoms with E-state index in [0.717, 1.165) is 44.3 Å². The van der Waals surface area contributed by atoms with E-state index in [2.05, 4.69) is 23.4 Å². The molecule has 29 heavy (non-hydrogen) atoms. The van der Waals surface area contributed by atoms with Crippen LogP contribution in [-0.2, 0) is 6.54 Å². The summed E-state index contributed by atoms with van der Waals surface area (Å²) in [5.74, 6) is 0.0186. The van der Waals surface area contributed by atoms with Crippen LogP contribution in [0.25, 0.3) is 22.3 Å². The van der Waals surface area contributed by atoms with Gasteiger partial charge in [-0.05, 0) is 47.1 Å². The number of aromatic carboxylic acids is 1. The van der Waals surface area contributed by atoms with Crippen LogP contribution in [0.2, 0.25) is 0 Å². The SMILES string of the molecule is CCSc1nc2c(C)ccnc2n1Cc1ccc(-c2ccccc2C(=O)O)cc1. The molecule has 2 heterocycles. The van der Waals surface area contributed by atoms with Gasteiger partial charge in [0.1, 0.15) is 5.52 Å². The van der Waals surface area contributed by atoms with Gasteiger partial charge in [0, 0.05) is 6.20 Å². The first kappa shape index (κ1) is 19.2. The van der Waals surface area contributed by atoms with Gasteiger partial charge in [-0.3, -0.25) is 4.57 Å². The number of thioether (sulfide) groups is 1. The molecule has 0 saturated heterocycles. The first-order chi connectivity index (χ1) is 14.1. The Morgan fingerprint density at radius 2 is 1.86 bits per heavy atom. The van der Waals surface area contributed by atoms with Gasteiger partial charge in [-0.15, -0.1) is 0 Å². The number of pyridine rings is 1. The van der Waals surface area contributed by atoms with Crippen LogP contribution in [0.4, 0.5) is 0 Å². The van der Waals surface area contributed by atoms with Crippen molar-refractivity contribution < 1.29 is 9.90 Å². The molecule has 0 aliphatic rings. The summed E-state index contributed by atoms with van der Waals surface area (Å²) in [7, 11) is 0. The van der Waals surface area contributed by atoms with Crippen molar-refractivity contribution in [2.45, 2.75) is 25.5 Å². The molecule has 4 aromatic rings. The van der Waals surface area contributed by atoms with E-state index < -0.39 is 5.97 Å². The molecular formula is C23H21N3O2S. The zero-order valence-electron chi connectivity index (χ0n) is 16.3. The second-order valence-electron chi connectivity index (χ2n) is 6.76. The van der Waals surface area contributed by atoms with Gasteiger partial charge in [-0.1, -0.05) is 61.2 Å². The summed E-state index contributed by atoms with van der Waals surface area (Å²) >= 11 is 1.71. The van der Waals surface area contributed by atoms with Crippen LogP contribution in [0.15, 0.2) is 66.0 Å². The summed E-state index contributed by atoms with van der Waals surface area (Å²) in [5, 5.41) is 10.4. The van der Waals surface area contributed by atoms with Gasteiger partial charge in [0.15, 0.2) is 10.8 Å². The quantitative estimate of drug-likeness (QED) is 0.445. The lowest BCUT2D eigenvalue weighted by Crippen LogP contribution is -2.03. The molecule has 0 aliphatic heterocycles. The lowest BCUT2D eigenvalue weighted by atomic mass is 9.99. The Labute approximate surface area is 173 Å². The third-order valence-electron chi connectivity index (χ3n) is 4.84. The monoisotopic (exact) mass is 403 g/mol. The minimum absolute atomic E-state index is 0.308. The molecule has 0 fully saturated rings. The van der Waals surface area contributed by atoms with Crippen LogP contribution in [0, 0.1) is 6.92 Å². The molecule has 4 rings (SSSR count).